The predicted molar refractivity (Wildman–Crippen MR) is 73.8 cm³/mol. The van der Waals surface area contributed by atoms with E-state index < -0.39 is 0 Å². The molecular formula is C15H19N3. The van der Waals surface area contributed by atoms with E-state index in [9.17, 15) is 0 Å². The lowest BCUT2D eigenvalue weighted by Gasteiger charge is -2.15. The van der Waals surface area contributed by atoms with Crippen LogP contribution in [0.1, 0.15) is 29.2 Å². The fraction of sp³-hybridized carbons (Fsp3) is 0.267. The Labute approximate surface area is 108 Å². The van der Waals surface area contributed by atoms with Crippen molar-refractivity contribution in [1.82, 2.24) is 10.4 Å². The van der Waals surface area contributed by atoms with E-state index in [1.165, 1.54) is 11.1 Å². The Morgan fingerprint density at radius 2 is 2.17 bits per heavy atom. The van der Waals surface area contributed by atoms with E-state index in [0.717, 1.165) is 18.4 Å². The van der Waals surface area contributed by atoms with Crippen LogP contribution in [0.15, 0.2) is 48.8 Å². The quantitative estimate of drug-likeness (QED) is 0.624. The highest BCUT2D eigenvalue weighted by Gasteiger charge is 2.09. The minimum absolute atomic E-state index is 0.152. The maximum atomic E-state index is 5.62. The molecule has 0 amide bonds. The van der Waals surface area contributed by atoms with Crippen molar-refractivity contribution >= 4 is 0 Å². The second-order valence-corrected chi connectivity index (χ2v) is 4.53. The van der Waals surface area contributed by atoms with E-state index in [0.29, 0.717) is 0 Å². The molecule has 94 valence electrons. The highest BCUT2D eigenvalue weighted by atomic mass is 15.2. The van der Waals surface area contributed by atoms with Crippen molar-refractivity contribution in [3.05, 3.63) is 65.5 Å². The molecular weight excluding hydrogens is 222 g/mol. The van der Waals surface area contributed by atoms with Gasteiger partial charge in [-0.15, -0.1) is 0 Å². The predicted octanol–water partition coefficient (Wildman–Crippen LogP) is 2.53. The van der Waals surface area contributed by atoms with Crippen molar-refractivity contribution in [1.29, 1.82) is 0 Å². The summed E-state index contributed by atoms with van der Waals surface area (Å²) in [5, 5.41) is 0. The first-order chi connectivity index (χ1) is 8.79. The molecule has 1 atom stereocenters. The molecule has 0 saturated carbocycles. The van der Waals surface area contributed by atoms with Crippen molar-refractivity contribution in [2.75, 3.05) is 0 Å². The minimum atomic E-state index is 0.152. The lowest BCUT2D eigenvalue weighted by molar-refractivity contribution is 0.515. The zero-order valence-corrected chi connectivity index (χ0v) is 10.6. The summed E-state index contributed by atoms with van der Waals surface area (Å²) >= 11 is 0. The van der Waals surface area contributed by atoms with Crippen LogP contribution in [0.2, 0.25) is 0 Å². The summed E-state index contributed by atoms with van der Waals surface area (Å²) in [6.07, 6.45) is 5.61. The highest BCUT2D eigenvalue weighted by Crippen LogP contribution is 2.17. The molecule has 0 saturated heterocycles. The zero-order valence-electron chi connectivity index (χ0n) is 10.6. The Kier molecular flexibility index (Phi) is 4.45. The molecule has 2 aromatic rings. The van der Waals surface area contributed by atoms with Gasteiger partial charge < -0.3 is 0 Å². The molecule has 1 aromatic carbocycles. The van der Waals surface area contributed by atoms with Crippen molar-refractivity contribution in [2.45, 2.75) is 25.8 Å². The van der Waals surface area contributed by atoms with Gasteiger partial charge in [0.25, 0.3) is 0 Å². The summed E-state index contributed by atoms with van der Waals surface area (Å²) < 4.78 is 0. The lowest BCUT2D eigenvalue weighted by Crippen LogP contribution is -2.28. The molecule has 0 bridgehead atoms. The standard InChI is InChI=1S/C15H19N3/c1-12-4-2-5-13(10-12)7-8-15(18-16)14-6-3-9-17-11-14/h2-6,9-11,15,18H,7-8,16H2,1H3. The van der Waals surface area contributed by atoms with Gasteiger partial charge in [-0.3, -0.25) is 16.3 Å². The number of aryl methyl sites for hydroxylation is 2. The van der Waals surface area contributed by atoms with E-state index in [1.807, 2.05) is 18.3 Å². The van der Waals surface area contributed by atoms with Gasteiger partial charge in [0, 0.05) is 18.4 Å². The van der Waals surface area contributed by atoms with Gasteiger partial charge in [-0.1, -0.05) is 35.9 Å². The Morgan fingerprint density at radius 3 is 2.83 bits per heavy atom. The Bertz CT molecular complexity index is 482. The smallest absolute Gasteiger partial charge is 0.0478 e. The van der Waals surface area contributed by atoms with Crippen molar-refractivity contribution in [3.63, 3.8) is 0 Å². The fourth-order valence-electron chi connectivity index (χ4n) is 2.11. The minimum Gasteiger partial charge on any atom is -0.271 e. The number of hydrogen-bond donors (Lipinski definition) is 2. The number of pyridine rings is 1. The first-order valence-corrected chi connectivity index (χ1v) is 6.21. The summed E-state index contributed by atoms with van der Waals surface area (Å²) in [5.74, 6) is 5.62. The number of nitrogens with zero attached hydrogens (tertiary/aromatic N) is 1. The van der Waals surface area contributed by atoms with Crippen LogP contribution in [0, 0.1) is 6.92 Å². The van der Waals surface area contributed by atoms with Crippen LogP contribution in [-0.4, -0.2) is 4.98 Å². The number of hydrogen-bond acceptors (Lipinski definition) is 3. The van der Waals surface area contributed by atoms with Gasteiger partial charge >= 0.3 is 0 Å². The van der Waals surface area contributed by atoms with Crippen molar-refractivity contribution < 1.29 is 0 Å². The van der Waals surface area contributed by atoms with Gasteiger partial charge in [0.1, 0.15) is 0 Å². The third-order valence-electron chi connectivity index (χ3n) is 3.09. The Hall–Kier alpha value is -1.71. The van der Waals surface area contributed by atoms with Crippen LogP contribution in [0.4, 0.5) is 0 Å². The maximum absolute atomic E-state index is 5.62. The molecule has 1 heterocycles. The fourth-order valence-corrected chi connectivity index (χ4v) is 2.11. The molecule has 3 heteroatoms. The van der Waals surface area contributed by atoms with E-state index in [4.69, 9.17) is 5.84 Å². The molecule has 0 aliphatic rings. The summed E-state index contributed by atoms with van der Waals surface area (Å²) in [5.41, 5.74) is 6.64. The summed E-state index contributed by atoms with van der Waals surface area (Å²) in [7, 11) is 0. The average Bonchev–Trinajstić information content (AvgIpc) is 2.41. The van der Waals surface area contributed by atoms with E-state index in [-0.39, 0.29) is 6.04 Å². The molecule has 3 N–H and O–H groups in total. The normalized spacial score (nSPS) is 12.3. The zero-order chi connectivity index (χ0) is 12.8. The second kappa shape index (κ2) is 6.28. The van der Waals surface area contributed by atoms with Crippen LogP contribution in [0.3, 0.4) is 0 Å². The number of nitrogens with one attached hydrogen (secondary N) is 1. The largest absolute Gasteiger partial charge is 0.271 e. The molecule has 0 radical (unpaired) electrons. The number of hydrazine groups is 1. The first-order valence-electron chi connectivity index (χ1n) is 6.21. The van der Waals surface area contributed by atoms with Crippen LogP contribution < -0.4 is 11.3 Å². The molecule has 18 heavy (non-hydrogen) atoms. The van der Waals surface area contributed by atoms with E-state index in [2.05, 4.69) is 41.6 Å². The number of aromatic nitrogens is 1. The molecule has 0 fully saturated rings. The molecule has 1 aromatic heterocycles. The van der Waals surface area contributed by atoms with Gasteiger partial charge in [-0.05, 0) is 37.0 Å². The van der Waals surface area contributed by atoms with Crippen LogP contribution in [-0.2, 0) is 6.42 Å². The topological polar surface area (TPSA) is 50.9 Å². The number of rotatable bonds is 5. The maximum Gasteiger partial charge on any atom is 0.0478 e. The SMILES string of the molecule is Cc1cccc(CCC(NN)c2cccnc2)c1. The lowest BCUT2D eigenvalue weighted by atomic mass is 10.00. The third kappa shape index (κ3) is 3.39. The van der Waals surface area contributed by atoms with Crippen LogP contribution in [0.25, 0.3) is 0 Å². The molecule has 2 rings (SSSR count). The summed E-state index contributed by atoms with van der Waals surface area (Å²) in [6, 6.07) is 12.7. The van der Waals surface area contributed by atoms with Gasteiger partial charge in [0.15, 0.2) is 0 Å². The summed E-state index contributed by atoms with van der Waals surface area (Å²) in [4.78, 5) is 4.13. The monoisotopic (exact) mass is 241 g/mol. The van der Waals surface area contributed by atoms with Gasteiger partial charge in [0.2, 0.25) is 0 Å². The van der Waals surface area contributed by atoms with Crippen molar-refractivity contribution in [2.24, 2.45) is 5.84 Å². The second-order valence-electron chi connectivity index (χ2n) is 4.53. The summed E-state index contributed by atoms with van der Waals surface area (Å²) in [6.45, 7) is 2.11. The van der Waals surface area contributed by atoms with E-state index in [1.54, 1.807) is 6.20 Å². The number of nitrogens with two attached hydrogens (primary N) is 1. The van der Waals surface area contributed by atoms with E-state index >= 15 is 0 Å². The van der Waals surface area contributed by atoms with Gasteiger partial charge in [-0.25, -0.2) is 0 Å². The van der Waals surface area contributed by atoms with Crippen LogP contribution >= 0.6 is 0 Å². The number of benzene rings is 1. The Morgan fingerprint density at radius 1 is 1.28 bits per heavy atom. The van der Waals surface area contributed by atoms with Crippen LogP contribution in [0.5, 0.6) is 0 Å². The average molecular weight is 241 g/mol. The Balaban J connectivity index is 2.00. The first kappa shape index (κ1) is 12.7. The van der Waals surface area contributed by atoms with Crippen molar-refractivity contribution in [3.8, 4) is 0 Å². The third-order valence-corrected chi connectivity index (χ3v) is 3.09. The molecule has 1 unspecified atom stereocenters. The van der Waals surface area contributed by atoms with Gasteiger partial charge in [0.05, 0.1) is 0 Å². The molecule has 3 nitrogen and oxygen atoms in total. The molecule has 0 aliphatic heterocycles. The molecule has 0 aliphatic carbocycles. The highest BCUT2D eigenvalue weighted by molar-refractivity contribution is 5.23. The molecule has 0 spiro atoms. The van der Waals surface area contributed by atoms with Gasteiger partial charge in [-0.2, -0.15) is 0 Å².